The normalized spacial score (nSPS) is 11.7. The molecule has 0 spiro atoms. The van der Waals surface area contributed by atoms with Crippen molar-refractivity contribution in [3.05, 3.63) is 129 Å². The highest BCUT2D eigenvalue weighted by Crippen LogP contribution is 2.27. The number of amides is 2. The molecule has 0 radical (unpaired) electrons. The molecule has 0 aliphatic rings. The molecule has 214 valence electrons. The number of carbonyl (C=O) groups excluding carboxylic acids is 1. The predicted octanol–water partition coefficient (Wildman–Crippen LogP) is 7.50. The van der Waals surface area contributed by atoms with Crippen LogP contribution in [0.3, 0.4) is 0 Å². The summed E-state index contributed by atoms with van der Waals surface area (Å²) in [6.45, 7) is 6.23. The van der Waals surface area contributed by atoms with Crippen LogP contribution in [0.1, 0.15) is 35.5 Å². The molecule has 0 aliphatic heterocycles. The van der Waals surface area contributed by atoms with Crippen LogP contribution in [0.2, 0.25) is 5.02 Å². The molecule has 1 unspecified atom stereocenters. The third kappa shape index (κ3) is 6.02. The summed E-state index contributed by atoms with van der Waals surface area (Å²) in [5.41, 5.74) is 4.63. The highest BCUT2D eigenvalue weighted by Gasteiger charge is 2.28. The number of benzene rings is 4. The number of fused-ring (bicyclic) bond motifs is 1. The van der Waals surface area contributed by atoms with Gasteiger partial charge in [-0.2, -0.15) is 0 Å². The van der Waals surface area contributed by atoms with E-state index in [4.69, 9.17) is 21.3 Å². The van der Waals surface area contributed by atoms with Gasteiger partial charge in [-0.15, -0.1) is 0 Å². The van der Waals surface area contributed by atoms with Crippen LogP contribution >= 0.6 is 11.6 Å². The second-order valence-electron chi connectivity index (χ2n) is 10.3. The molecule has 0 aliphatic carbocycles. The van der Waals surface area contributed by atoms with Gasteiger partial charge in [0.2, 0.25) is 0 Å². The monoisotopic (exact) mass is 580 g/mol. The van der Waals surface area contributed by atoms with Crippen LogP contribution < -0.4 is 15.6 Å². The van der Waals surface area contributed by atoms with Gasteiger partial charge in [-0.3, -0.25) is 9.36 Å². The lowest BCUT2D eigenvalue weighted by Crippen LogP contribution is -2.41. The molecular formula is C34H33ClN4O3. The minimum absolute atomic E-state index is 0.248. The number of hydrogen-bond donors (Lipinski definition) is 1. The number of halogens is 1. The summed E-state index contributed by atoms with van der Waals surface area (Å²) in [5, 5.41) is 4.04. The Balaban J connectivity index is 1.64. The number of urea groups is 1. The first-order valence-electron chi connectivity index (χ1n) is 13.8. The first-order chi connectivity index (χ1) is 20.3. The topological polar surface area (TPSA) is 76.5 Å². The first kappa shape index (κ1) is 28.9. The highest BCUT2D eigenvalue weighted by atomic mass is 35.5. The Hall–Kier alpha value is -4.62. The number of ether oxygens (including phenoxy) is 1. The van der Waals surface area contributed by atoms with E-state index in [2.05, 4.69) is 5.32 Å². The fraction of sp³-hybridized carbons (Fsp3) is 0.206. The summed E-state index contributed by atoms with van der Waals surface area (Å²) >= 11 is 6.31. The van der Waals surface area contributed by atoms with Crippen molar-refractivity contribution in [1.29, 1.82) is 0 Å². The van der Waals surface area contributed by atoms with Crippen molar-refractivity contribution in [2.75, 3.05) is 19.0 Å². The van der Waals surface area contributed by atoms with Gasteiger partial charge in [0, 0.05) is 17.3 Å². The summed E-state index contributed by atoms with van der Waals surface area (Å²) < 4.78 is 6.91. The third-order valence-electron chi connectivity index (χ3n) is 7.49. The van der Waals surface area contributed by atoms with Crippen molar-refractivity contribution >= 4 is 34.2 Å². The van der Waals surface area contributed by atoms with Crippen LogP contribution in [0, 0.1) is 13.8 Å². The second-order valence-corrected chi connectivity index (χ2v) is 10.7. The van der Waals surface area contributed by atoms with Crippen molar-refractivity contribution in [1.82, 2.24) is 14.5 Å². The van der Waals surface area contributed by atoms with Gasteiger partial charge in [0.05, 0.1) is 29.7 Å². The van der Waals surface area contributed by atoms with E-state index in [1.807, 2.05) is 81.4 Å². The van der Waals surface area contributed by atoms with E-state index < -0.39 is 6.04 Å². The number of nitrogens with one attached hydrogen (secondary N) is 1. The van der Waals surface area contributed by atoms with E-state index in [0.717, 1.165) is 22.4 Å². The number of nitrogens with zero attached hydrogens (tertiary/aromatic N) is 3. The molecule has 7 nitrogen and oxygen atoms in total. The summed E-state index contributed by atoms with van der Waals surface area (Å²) in [5.74, 6) is 1.09. The average Bonchev–Trinajstić information content (AvgIpc) is 2.99. The molecule has 1 N–H and O–H groups in total. The van der Waals surface area contributed by atoms with E-state index in [-0.39, 0.29) is 11.6 Å². The maximum atomic E-state index is 14.0. The summed E-state index contributed by atoms with van der Waals surface area (Å²) in [4.78, 5) is 34.7. The van der Waals surface area contributed by atoms with Crippen LogP contribution in [0.15, 0.2) is 95.8 Å². The molecule has 8 heteroatoms. The molecule has 1 atom stereocenters. The predicted molar refractivity (Wildman–Crippen MR) is 169 cm³/mol. The molecule has 5 rings (SSSR count). The number of rotatable bonds is 8. The van der Waals surface area contributed by atoms with E-state index in [0.29, 0.717) is 46.2 Å². The Labute approximate surface area is 250 Å². The van der Waals surface area contributed by atoms with Gasteiger partial charge in [0.1, 0.15) is 11.6 Å². The van der Waals surface area contributed by atoms with Crippen LogP contribution in [-0.4, -0.2) is 34.1 Å². The van der Waals surface area contributed by atoms with E-state index >= 15 is 0 Å². The Morgan fingerprint density at radius 2 is 1.67 bits per heavy atom. The van der Waals surface area contributed by atoms with Gasteiger partial charge in [0.25, 0.3) is 5.56 Å². The number of methoxy groups -OCH3 is 1. The fourth-order valence-corrected chi connectivity index (χ4v) is 5.30. The molecule has 1 aromatic heterocycles. The lowest BCUT2D eigenvalue weighted by molar-refractivity contribution is 0.190. The Morgan fingerprint density at radius 3 is 2.33 bits per heavy atom. The summed E-state index contributed by atoms with van der Waals surface area (Å²) in [6, 6.07) is 27.3. The van der Waals surface area contributed by atoms with Crippen molar-refractivity contribution < 1.29 is 9.53 Å². The van der Waals surface area contributed by atoms with Crippen molar-refractivity contribution in [2.24, 2.45) is 0 Å². The molecule has 0 bridgehead atoms. The molecule has 0 saturated carbocycles. The van der Waals surface area contributed by atoms with Crippen LogP contribution in [0.5, 0.6) is 5.75 Å². The van der Waals surface area contributed by atoms with Gasteiger partial charge in [0.15, 0.2) is 0 Å². The van der Waals surface area contributed by atoms with Crippen LogP contribution in [0.25, 0.3) is 16.6 Å². The van der Waals surface area contributed by atoms with Crippen LogP contribution in [-0.2, 0) is 6.42 Å². The average molecular weight is 581 g/mol. The minimum atomic E-state index is -0.587. The Kier molecular flexibility index (Phi) is 8.59. The van der Waals surface area contributed by atoms with Crippen molar-refractivity contribution in [3.63, 3.8) is 0 Å². The fourth-order valence-electron chi connectivity index (χ4n) is 5.13. The molecule has 5 aromatic rings. The van der Waals surface area contributed by atoms with Crippen molar-refractivity contribution in [3.8, 4) is 11.4 Å². The first-order valence-corrected chi connectivity index (χ1v) is 14.2. The highest BCUT2D eigenvalue weighted by molar-refractivity contribution is 6.31. The SMILES string of the molecule is COc1ccc(-n2c(C(C)N(CCc3ccccc3)C(=O)Nc3c(C)cccc3C)nc3cc(Cl)ccc3c2=O)cc1. The van der Waals surface area contributed by atoms with E-state index in [1.165, 1.54) is 0 Å². The molecule has 4 aromatic carbocycles. The minimum Gasteiger partial charge on any atom is -0.497 e. The lowest BCUT2D eigenvalue weighted by Gasteiger charge is -2.31. The molecule has 0 saturated heterocycles. The zero-order valence-electron chi connectivity index (χ0n) is 24.1. The third-order valence-corrected chi connectivity index (χ3v) is 7.72. The summed E-state index contributed by atoms with van der Waals surface area (Å²) in [6.07, 6.45) is 0.623. The number of para-hydroxylation sites is 1. The Bertz CT molecular complexity index is 1770. The van der Waals surface area contributed by atoms with Gasteiger partial charge < -0.3 is 15.0 Å². The summed E-state index contributed by atoms with van der Waals surface area (Å²) in [7, 11) is 1.59. The van der Waals surface area contributed by atoms with Crippen molar-refractivity contribution in [2.45, 2.75) is 33.2 Å². The zero-order chi connectivity index (χ0) is 29.8. The molecule has 2 amide bonds. The number of carbonyl (C=O) groups is 1. The van der Waals surface area contributed by atoms with Crippen LogP contribution in [0.4, 0.5) is 10.5 Å². The molecule has 42 heavy (non-hydrogen) atoms. The largest absolute Gasteiger partial charge is 0.497 e. The van der Waals surface area contributed by atoms with Gasteiger partial charge in [-0.05, 0) is 86.3 Å². The quantitative estimate of drug-likeness (QED) is 0.206. The Morgan fingerprint density at radius 1 is 0.976 bits per heavy atom. The maximum Gasteiger partial charge on any atom is 0.322 e. The number of aryl methyl sites for hydroxylation is 2. The standard InChI is InChI=1S/C34H33ClN4O3/c1-22-9-8-10-23(2)31(22)37-34(41)38(20-19-25-11-6-5-7-12-25)24(3)32-36-30-21-26(35)13-18-29(30)33(40)39(32)27-14-16-28(42-4)17-15-27/h5-18,21,24H,19-20H2,1-4H3,(H,37,41). The van der Waals surface area contributed by atoms with Gasteiger partial charge in [-0.25, -0.2) is 9.78 Å². The molecule has 1 heterocycles. The van der Waals surface area contributed by atoms with E-state index in [9.17, 15) is 9.59 Å². The van der Waals surface area contributed by atoms with E-state index in [1.54, 1.807) is 46.9 Å². The number of aromatic nitrogens is 2. The van der Waals surface area contributed by atoms with Gasteiger partial charge >= 0.3 is 6.03 Å². The maximum absolute atomic E-state index is 14.0. The zero-order valence-corrected chi connectivity index (χ0v) is 24.9. The molecular weight excluding hydrogens is 548 g/mol. The van der Waals surface area contributed by atoms with Gasteiger partial charge in [-0.1, -0.05) is 60.1 Å². The number of anilines is 1. The second kappa shape index (κ2) is 12.5. The smallest absolute Gasteiger partial charge is 0.322 e. The number of hydrogen-bond acceptors (Lipinski definition) is 4. The lowest BCUT2D eigenvalue weighted by atomic mass is 10.1. The molecule has 0 fully saturated rings.